The smallest absolute Gasteiger partial charge is 0.321 e. The minimum Gasteiger partial charge on any atom is -0.383 e. The molecule has 1 aromatic carbocycles. The van der Waals surface area contributed by atoms with Gasteiger partial charge in [-0.05, 0) is 25.1 Å². The minimum atomic E-state index is -0.117. The van der Waals surface area contributed by atoms with E-state index in [2.05, 4.69) is 23.2 Å². The fraction of sp³-hybridized carbons (Fsp3) is 0.500. The summed E-state index contributed by atoms with van der Waals surface area (Å²) >= 11 is 0. The Morgan fingerprint density at radius 2 is 2.14 bits per heavy atom. The molecule has 0 radical (unpaired) electrons. The van der Waals surface area contributed by atoms with Crippen LogP contribution in [-0.4, -0.2) is 61.8 Å². The van der Waals surface area contributed by atoms with Crippen LogP contribution < -0.4 is 5.32 Å². The van der Waals surface area contributed by atoms with E-state index in [1.807, 2.05) is 0 Å². The predicted octanol–water partition coefficient (Wildman–Crippen LogP) is 1.74. The number of carbonyl (C=O) groups is 1. The van der Waals surface area contributed by atoms with Crippen LogP contribution in [0.1, 0.15) is 12.5 Å². The molecule has 118 valence electrons. The maximum absolute atomic E-state index is 12.3. The number of benzene rings is 1. The summed E-state index contributed by atoms with van der Waals surface area (Å²) in [6, 6.07) is 9.25. The zero-order valence-electron chi connectivity index (χ0n) is 13.1. The number of urea groups is 1. The van der Waals surface area contributed by atoms with E-state index in [0.717, 1.165) is 13.1 Å². The van der Waals surface area contributed by atoms with Crippen molar-refractivity contribution in [3.63, 3.8) is 0 Å². The number of hydrogen-bond acceptors (Lipinski definition) is 4. The van der Waals surface area contributed by atoms with Crippen molar-refractivity contribution in [2.45, 2.75) is 13.0 Å². The van der Waals surface area contributed by atoms with Crippen molar-refractivity contribution in [3.8, 4) is 6.07 Å². The van der Waals surface area contributed by atoms with Gasteiger partial charge in [0.1, 0.15) is 0 Å². The van der Waals surface area contributed by atoms with Gasteiger partial charge in [0, 0.05) is 45.0 Å². The van der Waals surface area contributed by atoms with Crippen LogP contribution in [0.3, 0.4) is 0 Å². The topological polar surface area (TPSA) is 68.6 Å². The third-order valence-corrected chi connectivity index (χ3v) is 3.88. The molecule has 0 spiro atoms. The maximum atomic E-state index is 12.3. The van der Waals surface area contributed by atoms with Gasteiger partial charge in [0.25, 0.3) is 0 Å². The lowest BCUT2D eigenvalue weighted by Gasteiger charge is -2.37. The number of nitrogens with one attached hydrogen (secondary N) is 1. The number of nitriles is 1. The third-order valence-electron chi connectivity index (χ3n) is 3.88. The first kappa shape index (κ1) is 16.3. The SMILES string of the molecule is COCC(C)N1CCN(C(=O)Nc2cccc(C#N)c2)CC1. The summed E-state index contributed by atoms with van der Waals surface area (Å²) in [7, 11) is 1.70. The second-order valence-corrected chi connectivity index (χ2v) is 5.45. The predicted molar refractivity (Wildman–Crippen MR) is 84.7 cm³/mol. The summed E-state index contributed by atoms with van der Waals surface area (Å²) in [6.07, 6.45) is 0. The van der Waals surface area contributed by atoms with Gasteiger partial charge in [-0.3, -0.25) is 4.90 Å². The van der Waals surface area contributed by atoms with Gasteiger partial charge < -0.3 is 15.0 Å². The molecule has 6 nitrogen and oxygen atoms in total. The van der Waals surface area contributed by atoms with Gasteiger partial charge in [-0.25, -0.2) is 4.79 Å². The van der Waals surface area contributed by atoms with E-state index < -0.39 is 0 Å². The van der Waals surface area contributed by atoms with E-state index in [9.17, 15) is 4.79 Å². The normalized spacial score (nSPS) is 16.9. The Morgan fingerprint density at radius 3 is 2.77 bits per heavy atom. The molecular formula is C16H22N4O2. The summed E-state index contributed by atoms with van der Waals surface area (Å²) in [4.78, 5) is 16.4. The highest BCUT2D eigenvalue weighted by Gasteiger charge is 2.23. The van der Waals surface area contributed by atoms with E-state index in [4.69, 9.17) is 10.00 Å². The van der Waals surface area contributed by atoms with Crippen LogP contribution in [0.15, 0.2) is 24.3 Å². The van der Waals surface area contributed by atoms with Crippen LogP contribution in [0.4, 0.5) is 10.5 Å². The molecule has 1 unspecified atom stereocenters. The van der Waals surface area contributed by atoms with Crippen LogP contribution in [0.2, 0.25) is 0 Å². The van der Waals surface area contributed by atoms with Crippen molar-refractivity contribution >= 4 is 11.7 Å². The molecule has 0 bridgehead atoms. The number of methoxy groups -OCH3 is 1. The highest BCUT2D eigenvalue weighted by Crippen LogP contribution is 2.12. The fourth-order valence-electron chi connectivity index (χ4n) is 2.58. The number of nitrogens with zero attached hydrogens (tertiary/aromatic N) is 3. The Bertz CT molecular complexity index is 547. The van der Waals surface area contributed by atoms with Gasteiger partial charge in [-0.15, -0.1) is 0 Å². The number of hydrogen-bond donors (Lipinski definition) is 1. The fourth-order valence-corrected chi connectivity index (χ4v) is 2.58. The lowest BCUT2D eigenvalue weighted by atomic mass is 10.2. The first-order chi connectivity index (χ1) is 10.6. The molecule has 1 atom stereocenters. The van der Waals surface area contributed by atoms with Gasteiger partial charge in [0.05, 0.1) is 18.2 Å². The molecule has 1 aliphatic rings. The highest BCUT2D eigenvalue weighted by molar-refractivity contribution is 5.89. The molecular weight excluding hydrogens is 280 g/mol. The Morgan fingerprint density at radius 1 is 1.41 bits per heavy atom. The van der Waals surface area contributed by atoms with E-state index in [1.165, 1.54) is 0 Å². The molecule has 1 fully saturated rings. The van der Waals surface area contributed by atoms with Gasteiger partial charge in [-0.1, -0.05) is 6.07 Å². The van der Waals surface area contributed by atoms with Gasteiger partial charge in [0.15, 0.2) is 0 Å². The van der Waals surface area contributed by atoms with E-state index in [0.29, 0.717) is 37.0 Å². The Kier molecular flexibility index (Phi) is 5.75. The molecule has 1 N–H and O–H groups in total. The van der Waals surface area contributed by atoms with Crippen molar-refractivity contribution in [2.24, 2.45) is 0 Å². The summed E-state index contributed by atoms with van der Waals surface area (Å²) in [5.41, 5.74) is 1.19. The molecule has 2 amide bonds. The van der Waals surface area contributed by atoms with Crippen molar-refractivity contribution < 1.29 is 9.53 Å². The van der Waals surface area contributed by atoms with Crippen LogP contribution in [-0.2, 0) is 4.74 Å². The molecule has 1 heterocycles. The van der Waals surface area contributed by atoms with Crippen molar-refractivity contribution in [1.29, 1.82) is 5.26 Å². The summed E-state index contributed by atoms with van der Waals surface area (Å²) in [5.74, 6) is 0. The van der Waals surface area contributed by atoms with Crippen molar-refractivity contribution in [3.05, 3.63) is 29.8 Å². The lowest BCUT2D eigenvalue weighted by molar-refractivity contribution is 0.0680. The number of anilines is 1. The molecule has 6 heteroatoms. The number of piperazine rings is 1. The largest absolute Gasteiger partial charge is 0.383 e. The van der Waals surface area contributed by atoms with Gasteiger partial charge in [-0.2, -0.15) is 5.26 Å². The van der Waals surface area contributed by atoms with Gasteiger partial charge in [0.2, 0.25) is 0 Å². The molecule has 0 saturated carbocycles. The zero-order valence-corrected chi connectivity index (χ0v) is 13.1. The first-order valence-corrected chi connectivity index (χ1v) is 7.43. The molecule has 1 saturated heterocycles. The minimum absolute atomic E-state index is 0.117. The Labute approximate surface area is 131 Å². The average Bonchev–Trinajstić information content (AvgIpc) is 2.55. The number of carbonyl (C=O) groups excluding carboxylic acids is 1. The zero-order chi connectivity index (χ0) is 15.9. The summed E-state index contributed by atoms with van der Waals surface area (Å²) in [6.45, 7) is 5.90. The molecule has 2 rings (SSSR count). The van der Waals surface area contributed by atoms with E-state index >= 15 is 0 Å². The Hall–Kier alpha value is -2.10. The highest BCUT2D eigenvalue weighted by atomic mass is 16.5. The Balaban J connectivity index is 1.86. The number of rotatable bonds is 4. The van der Waals surface area contributed by atoms with Crippen LogP contribution in [0.5, 0.6) is 0 Å². The van der Waals surface area contributed by atoms with Crippen LogP contribution >= 0.6 is 0 Å². The molecule has 1 aromatic rings. The quantitative estimate of drug-likeness (QED) is 0.920. The number of ether oxygens (including phenoxy) is 1. The molecule has 22 heavy (non-hydrogen) atoms. The first-order valence-electron chi connectivity index (χ1n) is 7.43. The standard InChI is InChI=1S/C16H22N4O2/c1-13(12-22-2)19-6-8-20(9-7-19)16(21)18-15-5-3-4-14(10-15)11-17/h3-5,10,13H,6-9,12H2,1-2H3,(H,18,21). The number of amides is 2. The summed E-state index contributed by atoms with van der Waals surface area (Å²) in [5, 5.41) is 11.7. The van der Waals surface area contributed by atoms with E-state index in [-0.39, 0.29) is 6.03 Å². The maximum Gasteiger partial charge on any atom is 0.321 e. The van der Waals surface area contributed by atoms with Crippen molar-refractivity contribution in [1.82, 2.24) is 9.80 Å². The molecule has 0 aromatic heterocycles. The van der Waals surface area contributed by atoms with E-state index in [1.54, 1.807) is 36.3 Å². The van der Waals surface area contributed by atoms with Crippen molar-refractivity contribution in [2.75, 3.05) is 45.2 Å². The van der Waals surface area contributed by atoms with Crippen LogP contribution in [0.25, 0.3) is 0 Å². The summed E-state index contributed by atoms with van der Waals surface area (Å²) < 4.78 is 5.17. The second kappa shape index (κ2) is 7.78. The molecule has 1 aliphatic heterocycles. The average molecular weight is 302 g/mol. The van der Waals surface area contributed by atoms with Gasteiger partial charge >= 0.3 is 6.03 Å². The molecule has 0 aliphatic carbocycles. The second-order valence-electron chi connectivity index (χ2n) is 5.45. The third kappa shape index (κ3) is 4.20. The van der Waals surface area contributed by atoms with Crippen LogP contribution in [0, 0.1) is 11.3 Å². The lowest BCUT2D eigenvalue weighted by Crippen LogP contribution is -2.53. The monoisotopic (exact) mass is 302 g/mol.